The van der Waals surface area contributed by atoms with Crippen LogP contribution < -0.4 is 4.74 Å². The second-order valence-corrected chi connectivity index (χ2v) is 6.10. The van der Waals surface area contributed by atoms with Gasteiger partial charge in [0.15, 0.2) is 0 Å². The van der Waals surface area contributed by atoms with Crippen molar-refractivity contribution in [3.8, 4) is 5.88 Å². The van der Waals surface area contributed by atoms with E-state index in [9.17, 15) is 4.79 Å². The molecule has 0 aromatic carbocycles. The number of carbonyl (C=O) groups excluding carboxylic acids is 1. The van der Waals surface area contributed by atoms with Crippen molar-refractivity contribution in [2.75, 3.05) is 26.8 Å². The number of aromatic amines is 1. The molecular weight excluding hydrogens is 310 g/mol. The van der Waals surface area contributed by atoms with Crippen LogP contribution in [0.1, 0.15) is 34.6 Å². The van der Waals surface area contributed by atoms with Gasteiger partial charge in [0.2, 0.25) is 5.88 Å². The topological polar surface area (TPSA) is 93.2 Å². The molecule has 2 aliphatic heterocycles. The Balaban J connectivity index is 1.47. The van der Waals surface area contributed by atoms with Gasteiger partial charge in [-0.3, -0.25) is 9.89 Å². The number of piperidine rings is 1. The van der Waals surface area contributed by atoms with Crippen molar-refractivity contribution in [1.82, 2.24) is 25.1 Å². The molecule has 0 aliphatic carbocycles. The SMILES string of the molecule is COc1cnc(C(=O)N2CCC3(CC2)OCCc2cn[nH]c23)cn1. The normalized spacial score (nSPS) is 19.1. The van der Waals surface area contributed by atoms with Crippen molar-refractivity contribution in [3.05, 3.63) is 35.5 Å². The first kappa shape index (κ1) is 15.1. The van der Waals surface area contributed by atoms with Crippen LogP contribution in [0.3, 0.4) is 0 Å². The summed E-state index contributed by atoms with van der Waals surface area (Å²) in [5, 5.41) is 7.25. The van der Waals surface area contributed by atoms with Gasteiger partial charge >= 0.3 is 0 Å². The number of rotatable bonds is 2. The zero-order valence-corrected chi connectivity index (χ0v) is 13.5. The molecule has 126 valence electrons. The Labute approximate surface area is 139 Å². The molecule has 0 unspecified atom stereocenters. The summed E-state index contributed by atoms with van der Waals surface area (Å²) in [6, 6.07) is 0. The number of fused-ring (bicyclic) bond motifs is 2. The molecule has 0 radical (unpaired) electrons. The number of amides is 1. The zero-order valence-electron chi connectivity index (χ0n) is 13.5. The van der Waals surface area contributed by atoms with Crippen molar-refractivity contribution in [1.29, 1.82) is 0 Å². The lowest BCUT2D eigenvalue weighted by Crippen LogP contribution is -2.48. The Morgan fingerprint density at radius 2 is 2.12 bits per heavy atom. The summed E-state index contributed by atoms with van der Waals surface area (Å²) in [5.74, 6) is 0.284. The average Bonchev–Trinajstić information content (AvgIpc) is 3.12. The maximum Gasteiger partial charge on any atom is 0.274 e. The van der Waals surface area contributed by atoms with Crippen LogP contribution in [0.4, 0.5) is 0 Å². The number of nitrogens with one attached hydrogen (secondary N) is 1. The summed E-state index contributed by atoms with van der Waals surface area (Å²) in [7, 11) is 1.52. The first-order valence-electron chi connectivity index (χ1n) is 8.04. The Morgan fingerprint density at radius 3 is 2.83 bits per heavy atom. The summed E-state index contributed by atoms with van der Waals surface area (Å²) in [5.41, 5.74) is 2.29. The van der Waals surface area contributed by atoms with Crippen LogP contribution in [0.25, 0.3) is 0 Å². The van der Waals surface area contributed by atoms with E-state index >= 15 is 0 Å². The lowest BCUT2D eigenvalue weighted by Gasteiger charge is -2.43. The summed E-state index contributed by atoms with van der Waals surface area (Å²) < 4.78 is 11.1. The molecule has 1 saturated heterocycles. The van der Waals surface area contributed by atoms with Gasteiger partial charge in [-0.15, -0.1) is 0 Å². The number of H-pyrrole nitrogens is 1. The standard InChI is InChI=1S/C16H19N5O3/c1-23-13-10-17-12(9-18-13)15(22)21-5-3-16(4-6-21)14-11(2-7-24-16)8-19-20-14/h8-10H,2-7H2,1H3,(H,19,20). The van der Waals surface area contributed by atoms with Gasteiger partial charge in [-0.05, 0) is 24.8 Å². The molecule has 8 heteroatoms. The summed E-state index contributed by atoms with van der Waals surface area (Å²) >= 11 is 0. The fourth-order valence-electron chi connectivity index (χ4n) is 3.48. The van der Waals surface area contributed by atoms with Crippen LogP contribution in [0, 0.1) is 0 Å². The van der Waals surface area contributed by atoms with E-state index in [1.165, 1.54) is 25.1 Å². The Morgan fingerprint density at radius 1 is 1.29 bits per heavy atom. The zero-order chi connectivity index (χ0) is 16.6. The lowest BCUT2D eigenvalue weighted by molar-refractivity contribution is -0.0962. The smallest absolute Gasteiger partial charge is 0.274 e. The predicted octanol–water partition coefficient (Wildman–Crippen LogP) is 0.912. The van der Waals surface area contributed by atoms with E-state index in [-0.39, 0.29) is 11.5 Å². The van der Waals surface area contributed by atoms with E-state index in [2.05, 4.69) is 20.2 Å². The minimum atomic E-state index is -0.341. The molecule has 1 spiro atoms. The molecule has 1 N–H and O–H groups in total. The molecule has 1 amide bonds. The van der Waals surface area contributed by atoms with Crippen molar-refractivity contribution in [2.45, 2.75) is 24.9 Å². The first-order chi connectivity index (χ1) is 11.7. The van der Waals surface area contributed by atoms with Crippen LogP contribution in [-0.4, -0.2) is 57.8 Å². The van der Waals surface area contributed by atoms with E-state index in [0.29, 0.717) is 31.3 Å². The van der Waals surface area contributed by atoms with Gasteiger partial charge < -0.3 is 14.4 Å². The van der Waals surface area contributed by atoms with Gasteiger partial charge in [-0.25, -0.2) is 9.97 Å². The average molecular weight is 329 g/mol. The third kappa shape index (κ3) is 2.43. The van der Waals surface area contributed by atoms with Crippen LogP contribution >= 0.6 is 0 Å². The van der Waals surface area contributed by atoms with Gasteiger partial charge in [-0.2, -0.15) is 5.10 Å². The highest BCUT2D eigenvalue weighted by atomic mass is 16.5. The molecular formula is C16H19N5O3. The van der Waals surface area contributed by atoms with Crippen LogP contribution in [0.15, 0.2) is 18.6 Å². The van der Waals surface area contributed by atoms with E-state index < -0.39 is 0 Å². The molecule has 2 aromatic heterocycles. The largest absolute Gasteiger partial charge is 0.480 e. The van der Waals surface area contributed by atoms with E-state index in [1.807, 2.05) is 6.20 Å². The minimum Gasteiger partial charge on any atom is -0.480 e. The number of hydrogen-bond donors (Lipinski definition) is 1. The number of hydrogen-bond acceptors (Lipinski definition) is 6. The molecule has 0 saturated carbocycles. The molecule has 4 heterocycles. The number of nitrogens with zero attached hydrogens (tertiary/aromatic N) is 4. The van der Waals surface area contributed by atoms with Gasteiger partial charge in [0.05, 0.1) is 38.0 Å². The third-order valence-corrected chi connectivity index (χ3v) is 4.84. The number of likely N-dealkylation sites (tertiary alicyclic amines) is 1. The highest BCUT2D eigenvalue weighted by Gasteiger charge is 2.43. The van der Waals surface area contributed by atoms with E-state index in [0.717, 1.165) is 25.0 Å². The van der Waals surface area contributed by atoms with Crippen LogP contribution in [-0.2, 0) is 16.8 Å². The molecule has 2 aromatic rings. The van der Waals surface area contributed by atoms with Gasteiger partial charge in [0.25, 0.3) is 5.91 Å². The van der Waals surface area contributed by atoms with Crippen molar-refractivity contribution < 1.29 is 14.3 Å². The van der Waals surface area contributed by atoms with Gasteiger partial charge in [-0.1, -0.05) is 0 Å². The van der Waals surface area contributed by atoms with Crippen molar-refractivity contribution in [2.24, 2.45) is 0 Å². The second-order valence-electron chi connectivity index (χ2n) is 6.10. The van der Waals surface area contributed by atoms with Gasteiger partial charge in [0.1, 0.15) is 11.3 Å². The Hall–Kier alpha value is -2.48. The monoisotopic (exact) mass is 329 g/mol. The quantitative estimate of drug-likeness (QED) is 0.880. The molecule has 4 rings (SSSR count). The second kappa shape index (κ2) is 5.86. The van der Waals surface area contributed by atoms with Crippen molar-refractivity contribution in [3.63, 3.8) is 0 Å². The predicted molar refractivity (Wildman–Crippen MR) is 83.6 cm³/mol. The van der Waals surface area contributed by atoms with E-state index in [4.69, 9.17) is 9.47 Å². The van der Waals surface area contributed by atoms with Crippen LogP contribution in [0.2, 0.25) is 0 Å². The summed E-state index contributed by atoms with van der Waals surface area (Å²) in [6.45, 7) is 1.93. The van der Waals surface area contributed by atoms with E-state index in [1.54, 1.807) is 4.90 Å². The number of ether oxygens (including phenoxy) is 2. The Bertz CT molecular complexity index is 734. The fraction of sp³-hybridized carbons (Fsp3) is 0.500. The molecule has 8 nitrogen and oxygen atoms in total. The Kier molecular flexibility index (Phi) is 3.68. The molecule has 2 aliphatic rings. The molecule has 1 fully saturated rings. The number of carbonyl (C=O) groups is 1. The summed E-state index contributed by atoms with van der Waals surface area (Å²) in [6.07, 6.45) is 7.17. The maximum absolute atomic E-state index is 12.6. The molecule has 0 atom stereocenters. The minimum absolute atomic E-state index is 0.111. The maximum atomic E-state index is 12.6. The third-order valence-electron chi connectivity index (χ3n) is 4.84. The van der Waals surface area contributed by atoms with Gasteiger partial charge in [0, 0.05) is 13.1 Å². The number of methoxy groups -OCH3 is 1. The highest BCUT2D eigenvalue weighted by Crippen LogP contribution is 2.40. The van der Waals surface area contributed by atoms with Crippen LogP contribution in [0.5, 0.6) is 5.88 Å². The number of aromatic nitrogens is 4. The van der Waals surface area contributed by atoms with Crippen molar-refractivity contribution >= 4 is 5.91 Å². The highest BCUT2D eigenvalue weighted by molar-refractivity contribution is 5.92. The summed E-state index contributed by atoms with van der Waals surface area (Å²) in [4.78, 5) is 22.6. The molecule has 24 heavy (non-hydrogen) atoms. The molecule has 0 bridgehead atoms. The fourth-order valence-corrected chi connectivity index (χ4v) is 3.48. The first-order valence-corrected chi connectivity index (χ1v) is 8.04. The lowest BCUT2D eigenvalue weighted by atomic mass is 9.83.